The highest BCUT2D eigenvalue weighted by molar-refractivity contribution is 6.46. The molecular weight excluding hydrogens is 540 g/mol. The maximum atomic E-state index is 13.2. The van der Waals surface area contributed by atoms with Crippen molar-refractivity contribution in [1.82, 2.24) is 4.90 Å². The number of nitro groups is 1. The lowest BCUT2D eigenvalue weighted by Gasteiger charge is -2.25. The third-order valence-electron chi connectivity index (χ3n) is 7.83. The Morgan fingerprint density at radius 2 is 1.29 bits per heavy atom. The van der Waals surface area contributed by atoms with E-state index >= 15 is 0 Å². The summed E-state index contributed by atoms with van der Waals surface area (Å²) in [4.78, 5) is 38.3. The Bertz CT molecular complexity index is 1180. The maximum Gasteiger partial charge on any atom is 0.295 e. The zero-order valence-electron chi connectivity index (χ0n) is 24.2. The lowest BCUT2D eigenvalue weighted by Crippen LogP contribution is -2.30. The molecule has 0 aliphatic carbocycles. The molecule has 1 amide bonds. The fourth-order valence-electron chi connectivity index (χ4n) is 5.48. The monoisotopic (exact) mass is 582 g/mol. The first-order chi connectivity index (χ1) is 19.8. The number of rotatable bonds is 18. The number of nitrogens with zero attached hydrogens (tertiary/aromatic N) is 2. The summed E-state index contributed by atoms with van der Waals surface area (Å²) in [5.74, 6) is -1.75. The van der Waals surface area contributed by atoms with Crippen LogP contribution in [-0.4, -0.2) is 33.2 Å². The Morgan fingerprint density at radius 1 is 0.805 bits per heavy atom. The molecular formula is C33H43ClN2O5. The Kier molecular flexibility index (Phi) is 13.3. The van der Waals surface area contributed by atoms with E-state index in [2.05, 4.69) is 6.92 Å². The predicted molar refractivity (Wildman–Crippen MR) is 164 cm³/mol. The number of hydrogen-bond donors (Lipinski definition) is 1. The molecule has 8 heteroatoms. The smallest absolute Gasteiger partial charge is 0.295 e. The van der Waals surface area contributed by atoms with Crippen molar-refractivity contribution in [2.45, 2.75) is 103 Å². The van der Waals surface area contributed by atoms with Crippen LogP contribution in [0.3, 0.4) is 0 Å². The molecule has 0 aromatic heterocycles. The minimum atomic E-state index is -0.760. The number of halogens is 1. The van der Waals surface area contributed by atoms with E-state index in [1.54, 1.807) is 24.3 Å². The summed E-state index contributed by atoms with van der Waals surface area (Å²) in [5.41, 5.74) is 0.761. The Labute approximate surface area is 248 Å². The van der Waals surface area contributed by atoms with E-state index in [0.717, 1.165) is 25.7 Å². The number of likely N-dealkylation sites (tertiary alicyclic amines) is 1. The van der Waals surface area contributed by atoms with Gasteiger partial charge in [0.2, 0.25) is 0 Å². The van der Waals surface area contributed by atoms with Gasteiger partial charge in [0.05, 0.1) is 16.5 Å². The molecule has 41 heavy (non-hydrogen) atoms. The van der Waals surface area contributed by atoms with Crippen LogP contribution in [0.2, 0.25) is 5.02 Å². The number of hydrogen-bond acceptors (Lipinski definition) is 5. The molecule has 1 aliphatic heterocycles. The molecule has 222 valence electrons. The molecule has 2 aromatic rings. The number of ketones is 1. The van der Waals surface area contributed by atoms with E-state index in [4.69, 9.17) is 11.6 Å². The Balaban J connectivity index is 1.56. The van der Waals surface area contributed by atoms with Crippen LogP contribution in [0.4, 0.5) is 5.69 Å². The average molecular weight is 583 g/mol. The first-order valence-corrected chi connectivity index (χ1v) is 15.5. The van der Waals surface area contributed by atoms with Crippen molar-refractivity contribution in [3.05, 3.63) is 80.4 Å². The van der Waals surface area contributed by atoms with Gasteiger partial charge in [-0.2, -0.15) is 0 Å². The number of benzene rings is 2. The van der Waals surface area contributed by atoms with Gasteiger partial charge in [0, 0.05) is 29.3 Å². The topological polar surface area (TPSA) is 101 Å². The molecule has 0 radical (unpaired) electrons. The second-order valence-electron chi connectivity index (χ2n) is 10.9. The number of aliphatic hydroxyl groups excluding tert-OH is 1. The Morgan fingerprint density at radius 3 is 1.78 bits per heavy atom. The molecule has 1 saturated heterocycles. The number of Topliss-reactive ketones (excluding diaryl/α,β-unsaturated/α-hetero) is 1. The van der Waals surface area contributed by atoms with Crippen LogP contribution in [0.25, 0.3) is 5.76 Å². The zero-order chi connectivity index (χ0) is 29.6. The molecule has 2 aromatic carbocycles. The SMILES string of the molecule is CCCCCCCCCCCCCCCCN1C(=O)C(=O)/C(=C(\O)c2ccc([N+](=O)[O-])cc2)C1c1ccc(Cl)cc1. The lowest BCUT2D eigenvalue weighted by atomic mass is 9.95. The summed E-state index contributed by atoms with van der Waals surface area (Å²) in [6, 6.07) is 11.4. The molecule has 7 nitrogen and oxygen atoms in total. The van der Waals surface area contributed by atoms with Gasteiger partial charge in [-0.15, -0.1) is 0 Å². The standard InChI is InChI=1S/C33H43ClN2O5/c1-2-3-4-5-6-7-8-9-10-11-12-13-14-15-24-35-30(25-16-20-27(34)21-17-25)29(32(38)33(35)39)31(37)26-18-22-28(23-19-26)36(40)41/h16-23,30,37H,2-15,24H2,1H3/b31-29-. The van der Waals surface area contributed by atoms with Gasteiger partial charge >= 0.3 is 0 Å². The largest absolute Gasteiger partial charge is 0.507 e. The van der Waals surface area contributed by atoms with Gasteiger partial charge < -0.3 is 10.0 Å². The highest BCUT2D eigenvalue weighted by Gasteiger charge is 2.45. The van der Waals surface area contributed by atoms with E-state index in [1.165, 1.54) is 93.4 Å². The number of unbranched alkanes of at least 4 members (excludes halogenated alkanes) is 13. The summed E-state index contributed by atoms with van der Waals surface area (Å²) in [6.07, 6.45) is 17.2. The summed E-state index contributed by atoms with van der Waals surface area (Å²) < 4.78 is 0. The quantitative estimate of drug-likeness (QED) is 0.0471. The van der Waals surface area contributed by atoms with Gasteiger partial charge in [0.15, 0.2) is 0 Å². The normalized spacial score (nSPS) is 16.4. The van der Waals surface area contributed by atoms with Crippen molar-refractivity contribution in [2.24, 2.45) is 0 Å². The first-order valence-electron chi connectivity index (χ1n) is 15.1. The van der Waals surface area contributed by atoms with Gasteiger partial charge in [0.25, 0.3) is 17.4 Å². The van der Waals surface area contributed by atoms with Gasteiger partial charge in [-0.25, -0.2) is 0 Å². The van der Waals surface area contributed by atoms with Crippen molar-refractivity contribution in [3.8, 4) is 0 Å². The van der Waals surface area contributed by atoms with E-state index < -0.39 is 22.7 Å². The van der Waals surface area contributed by atoms with Crippen molar-refractivity contribution < 1.29 is 19.6 Å². The van der Waals surface area contributed by atoms with Crippen molar-refractivity contribution >= 4 is 34.7 Å². The Hall–Kier alpha value is -3.19. The highest BCUT2D eigenvalue weighted by Crippen LogP contribution is 2.40. The molecule has 1 atom stereocenters. The number of non-ortho nitro benzene ring substituents is 1. The van der Waals surface area contributed by atoms with Gasteiger partial charge in [-0.05, 0) is 36.2 Å². The highest BCUT2D eigenvalue weighted by atomic mass is 35.5. The van der Waals surface area contributed by atoms with Crippen molar-refractivity contribution in [1.29, 1.82) is 0 Å². The number of amides is 1. The van der Waals surface area contributed by atoms with Crippen LogP contribution < -0.4 is 0 Å². The van der Waals surface area contributed by atoms with Crippen LogP contribution >= 0.6 is 11.6 Å². The third-order valence-corrected chi connectivity index (χ3v) is 8.08. The summed E-state index contributed by atoms with van der Waals surface area (Å²) >= 11 is 6.09. The van der Waals surface area contributed by atoms with Gasteiger partial charge in [-0.3, -0.25) is 19.7 Å². The van der Waals surface area contributed by atoms with Crippen LogP contribution in [-0.2, 0) is 9.59 Å². The molecule has 1 fully saturated rings. The predicted octanol–water partition coefficient (Wildman–Crippen LogP) is 9.15. The fourth-order valence-corrected chi connectivity index (χ4v) is 5.60. The van der Waals surface area contributed by atoms with Crippen molar-refractivity contribution in [2.75, 3.05) is 6.54 Å². The molecule has 1 N–H and O–H groups in total. The molecule has 0 bridgehead atoms. The molecule has 1 heterocycles. The molecule has 0 spiro atoms. The van der Waals surface area contributed by atoms with Crippen LogP contribution in [0.15, 0.2) is 54.1 Å². The second kappa shape index (κ2) is 16.9. The summed E-state index contributed by atoms with van der Waals surface area (Å²) in [6.45, 7) is 2.64. The summed E-state index contributed by atoms with van der Waals surface area (Å²) in [7, 11) is 0. The molecule has 3 rings (SSSR count). The van der Waals surface area contributed by atoms with Crippen LogP contribution in [0.1, 0.15) is 114 Å². The van der Waals surface area contributed by atoms with E-state index in [0.29, 0.717) is 17.1 Å². The molecule has 0 saturated carbocycles. The van der Waals surface area contributed by atoms with Crippen molar-refractivity contribution in [3.63, 3.8) is 0 Å². The zero-order valence-corrected chi connectivity index (χ0v) is 24.9. The number of carbonyl (C=O) groups excluding carboxylic acids is 2. The lowest BCUT2D eigenvalue weighted by molar-refractivity contribution is -0.384. The maximum absolute atomic E-state index is 13.2. The number of nitro benzene ring substituents is 1. The third kappa shape index (κ3) is 9.42. The first kappa shape index (κ1) is 32.3. The average Bonchev–Trinajstić information content (AvgIpc) is 3.22. The van der Waals surface area contributed by atoms with Crippen LogP contribution in [0.5, 0.6) is 0 Å². The minimum absolute atomic E-state index is 0.0171. The van der Waals surface area contributed by atoms with E-state index in [9.17, 15) is 24.8 Å². The molecule has 1 unspecified atom stereocenters. The van der Waals surface area contributed by atoms with E-state index in [1.807, 2.05) is 0 Å². The van der Waals surface area contributed by atoms with Gasteiger partial charge in [-0.1, -0.05) is 114 Å². The second-order valence-corrected chi connectivity index (χ2v) is 11.4. The summed E-state index contributed by atoms with van der Waals surface area (Å²) in [5, 5.41) is 22.7. The molecule has 1 aliphatic rings. The number of carbonyl (C=O) groups is 2. The van der Waals surface area contributed by atoms with Gasteiger partial charge in [0.1, 0.15) is 5.76 Å². The minimum Gasteiger partial charge on any atom is -0.507 e. The fraction of sp³-hybridized carbons (Fsp3) is 0.515. The number of aliphatic hydroxyl groups is 1. The van der Waals surface area contributed by atoms with Crippen LogP contribution in [0, 0.1) is 10.1 Å². The van der Waals surface area contributed by atoms with E-state index in [-0.39, 0.29) is 22.6 Å².